The first-order valence-corrected chi connectivity index (χ1v) is 9.96. The van der Waals surface area contributed by atoms with Crippen LogP contribution in [0, 0.1) is 11.3 Å². The fraction of sp³-hybridized carbons (Fsp3) is 0.286. The van der Waals surface area contributed by atoms with E-state index in [2.05, 4.69) is 11.4 Å². The zero-order chi connectivity index (χ0) is 20.8. The molecule has 0 radical (unpaired) electrons. The highest BCUT2D eigenvalue weighted by atomic mass is 32.1. The molecule has 1 aliphatic heterocycles. The first-order chi connectivity index (χ1) is 14.0. The van der Waals surface area contributed by atoms with Gasteiger partial charge in [0.05, 0.1) is 25.8 Å². The molecule has 1 aromatic carbocycles. The van der Waals surface area contributed by atoms with Gasteiger partial charge in [-0.3, -0.25) is 4.79 Å². The number of methoxy groups -OCH3 is 1. The SMILES string of the molecule is CCOC(=O)N1CCc2c(sc(NC(=O)C=Cc3ccc(OC)cc3)c2C#N)C1. The monoisotopic (exact) mass is 411 g/mol. The lowest BCUT2D eigenvalue weighted by atomic mass is 10.0. The fourth-order valence-corrected chi connectivity index (χ4v) is 4.24. The summed E-state index contributed by atoms with van der Waals surface area (Å²) in [5, 5.41) is 12.9. The second kappa shape index (κ2) is 9.26. The Morgan fingerprint density at radius 2 is 2.10 bits per heavy atom. The van der Waals surface area contributed by atoms with Crippen LogP contribution in [-0.4, -0.2) is 37.2 Å². The molecular weight excluding hydrogens is 390 g/mol. The molecule has 0 bridgehead atoms. The van der Waals surface area contributed by atoms with Crippen LogP contribution in [0.4, 0.5) is 9.80 Å². The van der Waals surface area contributed by atoms with Crippen molar-refractivity contribution < 1.29 is 19.1 Å². The predicted molar refractivity (Wildman–Crippen MR) is 111 cm³/mol. The third-order valence-electron chi connectivity index (χ3n) is 4.47. The van der Waals surface area contributed by atoms with Crippen LogP contribution in [0.1, 0.15) is 28.5 Å². The van der Waals surface area contributed by atoms with Crippen LogP contribution in [0.15, 0.2) is 30.3 Å². The van der Waals surface area contributed by atoms with Crippen LogP contribution in [-0.2, 0) is 22.5 Å². The second-order valence-electron chi connectivity index (χ2n) is 6.29. The summed E-state index contributed by atoms with van der Waals surface area (Å²) in [7, 11) is 1.59. The molecule has 0 spiro atoms. The normalized spacial score (nSPS) is 12.9. The van der Waals surface area contributed by atoms with Crippen LogP contribution in [0.5, 0.6) is 5.75 Å². The maximum Gasteiger partial charge on any atom is 0.410 e. The molecule has 1 aliphatic rings. The molecular formula is C21H21N3O4S. The minimum Gasteiger partial charge on any atom is -0.497 e. The number of hydrogen-bond acceptors (Lipinski definition) is 6. The van der Waals surface area contributed by atoms with Gasteiger partial charge >= 0.3 is 6.09 Å². The van der Waals surface area contributed by atoms with Crippen molar-refractivity contribution >= 4 is 34.4 Å². The summed E-state index contributed by atoms with van der Waals surface area (Å²) in [6.45, 7) is 2.95. The van der Waals surface area contributed by atoms with E-state index >= 15 is 0 Å². The number of nitrogens with zero attached hydrogens (tertiary/aromatic N) is 2. The largest absolute Gasteiger partial charge is 0.497 e. The molecule has 0 unspecified atom stereocenters. The molecule has 2 aromatic rings. The number of carbonyl (C=O) groups is 2. The van der Waals surface area contributed by atoms with Gasteiger partial charge in [-0.25, -0.2) is 4.79 Å². The Labute approximate surface area is 173 Å². The van der Waals surface area contributed by atoms with Gasteiger partial charge in [-0.05, 0) is 42.7 Å². The number of fused-ring (bicyclic) bond motifs is 1. The molecule has 3 rings (SSSR count). The molecule has 2 amide bonds. The summed E-state index contributed by atoms with van der Waals surface area (Å²) < 4.78 is 10.2. The minimum absolute atomic E-state index is 0.317. The first-order valence-electron chi connectivity index (χ1n) is 9.15. The topological polar surface area (TPSA) is 91.7 Å². The van der Waals surface area contributed by atoms with Crippen molar-refractivity contribution in [1.29, 1.82) is 5.26 Å². The number of nitriles is 1. The maximum absolute atomic E-state index is 12.3. The van der Waals surface area contributed by atoms with E-state index < -0.39 is 0 Å². The molecule has 0 atom stereocenters. The second-order valence-corrected chi connectivity index (χ2v) is 7.39. The molecule has 8 heteroatoms. The minimum atomic E-state index is -0.363. The maximum atomic E-state index is 12.3. The zero-order valence-electron chi connectivity index (χ0n) is 16.2. The molecule has 0 fully saturated rings. The van der Waals surface area contributed by atoms with E-state index in [1.807, 2.05) is 24.3 Å². The number of nitrogens with one attached hydrogen (secondary N) is 1. The lowest BCUT2D eigenvalue weighted by Gasteiger charge is -2.25. The zero-order valence-corrected chi connectivity index (χ0v) is 17.0. The van der Waals surface area contributed by atoms with E-state index in [0.717, 1.165) is 21.8 Å². The highest BCUT2D eigenvalue weighted by molar-refractivity contribution is 7.16. The highest BCUT2D eigenvalue weighted by Gasteiger charge is 2.27. The molecule has 150 valence electrons. The van der Waals surface area contributed by atoms with Gasteiger partial charge in [0.1, 0.15) is 16.8 Å². The highest BCUT2D eigenvalue weighted by Crippen LogP contribution is 2.36. The number of anilines is 1. The van der Waals surface area contributed by atoms with E-state index in [0.29, 0.717) is 36.7 Å². The van der Waals surface area contributed by atoms with Crippen molar-refractivity contribution in [2.24, 2.45) is 0 Å². The molecule has 0 saturated carbocycles. The molecule has 2 heterocycles. The first kappa shape index (κ1) is 20.4. The van der Waals surface area contributed by atoms with E-state index in [1.54, 1.807) is 25.0 Å². The van der Waals surface area contributed by atoms with Gasteiger partial charge in [0.2, 0.25) is 5.91 Å². The molecule has 0 saturated heterocycles. The lowest BCUT2D eigenvalue weighted by molar-refractivity contribution is -0.111. The summed E-state index contributed by atoms with van der Waals surface area (Å²) in [6, 6.07) is 9.50. The van der Waals surface area contributed by atoms with Crippen molar-refractivity contribution in [3.63, 3.8) is 0 Å². The van der Waals surface area contributed by atoms with Crippen LogP contribution in [0.25, 0.3) is 6.08 Å². The van der Waals surface area contributed by atoms with Crippen molar-refractivity contribution in [1.82, 2.24) is 4.90 Å². The molecule has 1 N–H and O–H groups in total. The summed E-state index contributed by atoms with van der Waals surface area (Å²) in [5.41, 5.74) is 2.23. The number of rotatable bonds is 5. The standard InChI is InChI=1S/C21H21N3O4S/c1-3-28-21(26)24-11-10-16-17(12-22)20(29-18(16)13-24)23-19(25)9-6-14-4-7-15(27-2)8-5-14/h4-9H,3,10-11,13H2,1-2H3,(H,23,25). The summed E-state index contributed by atoms with van der Waals surface area (Å²) >= 11 is 1.33. The number of hydrogen-bond donors (Lipinski definition) is 1. The molecule has 1 aromatic heterocycles. The number of thiophene rings is 1. The number of amides is 2. The van der Waals surface area contributed by atoms with Gasteiger partial charge in [0.15, 0.2) is 0 Å². The Balaban J connectivity index is 1.71. The number of ether oxygens (including phenoxy) is 2. The van der Waals surface area contributed by atoms with Crippen molar-refractivity contribution in [3.8, 4) is 11.8 Å². The van der Waals surface area contributed by atoms with Crippen LogP contribution < -0.4 is 10.1 Å². The smallest absolute Gasteiger partial charge is 0.410 e. The fourth-order valence-electron chi connectivity index (χ4n) is 3.02. The lowest BCUT2D eigenvalue weighted by Crippen LogP contribution is -2.35. The van der Waals surface area contributed by atoms with Crippen LogP contribution in [0.3, 0.4) is 0 Å². The molecule has 29 heavy (non-hydrogen) atoms. The average molecular weight is 411 g/mol. The Hall–Kier alpha value is -3.31. The summed E-state index contributed by atoms with van der Waals surface area (Å²) in [5.74, 6) is 0.421. The predicted octanol–water partition coefficient (Wildman–Crippen LogP) is 3.79. The van der Waals surface area contributed by atoms with E-state index in [4.69, 9.17) is 9.47 Å². The van der Waals surface area contributed by atoms with Crippen LogP contribution >= 0.6 is 11.3 Å². The Morgan fingerprint density at radius 3 is 2.76 bits per heavy atom. The van der Waals surface area contributed by atoms with Gasteiger partial charge < -0.3 is 19.7 Å². The number of benzene rings is 1. The number of carbonyl (C=O) groups excluding carboxylic acids is 2. The van der Waals surface area contributed by atoms with Gasteiger partial charge in [0.25, 0.3) is 0 Å². The Bertz CT molecular complexity index is 973. The third kappa shape index (κ3) is 4.76. The quantitative estimate of drug-likeness (QED) is 0.756. The van der Waals surface area contributed by atoms with Gasteiger partial charge in [0, 0.05) is 17.5 Å². The molecule has 0 aliphatic carbocycles. The van der Waals surface area contributed by atoms with Crippen LogP contribution in [0.2, 0.25) is 0 Å². The van der Waals surface area contributed by atoms with Crippen molar-refractivity contribution in [2.75, 3.05) is 25.6 Å². The van der Waals surface area contributed by atoms with Crippen molar-refractivity contribution in [2.45, 2.75) is 19.9 Å². The van der Waals surface area contributed by atoms with E-state index in [1.165, 1.54) is 17.4 Å². The summed E-state index contributed by atoms with van der Waals surface area (Å²) in [4.78, 5) is 26.8. The average Bonchev–Trinajstić information content (AvgIpc) is 3.08. The van der Waals surface area contributed by atoms with Gasteiger partial charge in [-0.2, -0.15) is 5.26 Å². The van der Waals surface area contributed by atoms with E-state index in [-0.39, 0.29) is 12.0 Å². The summed E-state index contributed by atoms with van der Waals surface area (Å²) in [6.07, 6.45) is 3.31. The van der Waals surface area contributed by atoms with E-state index in [9.17, 15) is 14.9 Å². The van der Waals surface area contributed by atoms with Gasteiger partial charge in [-0.15, -0.1) is 11.3 Å². The third-order valence-corrected chi connectivity index (χ3v) is 5.61. The Kier molecular flexibility index (Phi) is 6.52. The molecule has 7 nitrogen and oxygen atoms in total. The van der Waals surface area contributed by atoms with Gasteiger partial charge in [-0.1, -0.05) is 12.1 Å². The van der Waals surface area contributed by atoms with Crippen molar-refractivity contribution in [3.05, 3.63) is 51.9 Å². The Morgan fingerprint density at radius 1 is 1.34 bits per heavy atom.